The third kappa shape index (κ3) is 4.77. The average molecular weight is 443 g/mol. The van der Waals surface area contributed by atoms with Crippen LogP contribution in [0, 0.1) is 5.41 Å². The highest BCUT2D eigenvalue weighted by molar-refractivity contribution is 7.92. The molecule has 0 spiro atoms. The van der Waals surface area contributed by atoms with E-state index >= 15 is 0 Å². The van der Waals surface area contributed by atoms with E-state index in [1.807, 2.05) is 26.0 Å². The minimum absolute atomic E-state index is 0.0678. The van der Waals surface area contributed by atoms with Crippen LogP contribution >= 0.6 is 0 Å². The lowest BCUT2D eigenvalue weighted by Gasteiger charge is -2.27. The van der Waals surface area contributed by atoms with E-state index in [0.717, 1.165) is 5.56 Å². The predicted molar refractivity (Wildman–Crippen MR) is 124 cm³/mol. The highest BCUT2D eigenvalue weighted by Gasteiger charge is 2.37. The molecule has 0 saturated heterocycles. The summed E-state index contributed by atoms with van der Waals surface area (Å²) in [6, 6.07) is 11.8. The molecule has 1 aliphatic heterocycles. The van der Waals surface area contributed by atoms with Crippen LogP contribution in [-0.4, -0.2) is 27.5 Å². The van der Waals surface area contributed by atoms with Crippen molar-refractivity contribution in [1.82, 2.24) is 0 Å². The van der Waals surface area contributed by atoms with Crippen LogP contribution in [0.5, 0.6) is 5.75 Å². The van der Waals surface area contributed by atoms with E-state index in [0.29, 0.717) is 23.7 Å². The zero-order chi connectivity index (χ0) is 23.0. The van der Waals surface area contributed by atoms with Gasteiger partial charge in [0.25, 0.3) is 10.0 Å². The molecule has 1 heterocycles. The molecule has 0 atom stereocenters. The number of benzene rings is 2. The Morgan fingerprint density at radius 2 is 1.81 bits per heavy atom. The lowest BCUT2D eigenvalue weighted by Crippen LogP contribution is -2.42. The van der Waals surface area contributed by atoms with E-state index in [2.05, 4.69) is 32.1 Å². The number of carbonyl (C=O) groups excluding carboxylic acids is 1. The van der Waals surface area contributed by atoms with E-state index in [9.17, 15) is 13.2 Å². The molecule has 0 aliphatic carbocycles. The maximum atomic E-state index is 13.0. The van der Waals surface area contributed by atoms with Gasteiger partial charge in [-0.15, -0.1) is 6.58 Å². The van der Waals surface area contributed by atoms with Crippen molar-refractivity contribution in [3.8, 4) is 5.75 Å². The maximum absolute atomic E-state index is 13.0. The normalized spacial score (nSPS) is 16.2. The fourth-order valence-corrected chi connectivity index (χ4v) is 4.42. The fourth-order valence-electron chi connectivity index (χ4n) is 3.37. The third-order valence-electron chi connectivity index (χ3n) is 5.26. The molecule has 1 N–H and O–H groups in total. The quantitative estimate of drug-likeness (QED) is 0.680. The minimum atomic E-state index is -3.79. The second kappa shape index (κ2) is 8.04. The number of ether oxygens (including phenoxy) is 1. The fraction of sp³-hybridized carbons (Fsp3) is 0.375. The highest BCUT2D eigenvalue weighted by Crippen LogP contribution is 2.38. The zero-order valence-electron chi connectivity index (χ0n) is 18.7. The first kappa shape index (κ1) is 22.9. The van der Waals surface area contributed by atoms with Gasteiger partial charge >= 0.3 is 0 Å². The van der Waals surface area contributed by atoms with Crippen molar-refractivity contribution in [2.75, 3.05) is 22.8 Å². The van der Waals surface area contributed by atoms with E-state index in [1.165, 1.54) is 0 Å². The number of anilines is 2. The second-order valence-corrected chi connectivity index (χ2v) is 11.1. The summed E-state index contributed by atoms with van der Waals surface area (Å²) in [7, 11) is -3.79. The molecule has 0 unspecified atom stereocenters. The van der Waals surface area contributed by atoms with Gasteiger partial charge in [-0.25, -0.2) is 8.42 Å². The molecule has 0 bridgehead atoms. The maximum Gasteiger partial charge on any atom is 0.261 e. The number of amides is 1. The van der Waals surface area contributed by atoms with Gasteiger partial charge in [-0.2, -0.15) is 0 Å². The summed E-state index contributed by atoms with van der Waals surface area (Å²) in [6.45, 7) is 14.1. The molecule has 2 aromatic carbocycles. The highest BCUT2D eigenvalue weighted by atomic mass is 32.2. The van der Waals surface area contributed by atoms with Gasteiger partial charge in [-0.05, 0) is 55.2 Å². The molecule has 0 aromatic heterocycles. The Bertz CT molecular complexity index is 1100. The van der Waals surface area contributed by atoms with Crippen LogP contribution in [0.25, 0.3) is 0 Å². The molecule has 2 aromatic rings. The summed E-state index contributed by atoms with van der Waals surface area (Å²) in [5.74, 6) is 0.419. The van der Waals surface area contributed by atoms with E-state index in [1.54, 1.807) is 41.3 Å². The lowest BCUT2D eigenvalue weighted by molar-refractivity contribution is -0.127. The summed E-state index contributed by atoms with van der Waals surface area (Å²) in [5, 5.41) is 0. The largest absolute Gasteiger partial charge is 0.490 e. The van der Waals surface area contributed by atoms with Crippen LogP contribution in [0.3, 0.4) is 0 Å². The molecule has 1 aliphatic rings. The smallest absolute Gasteiger partial charge is 0.261 e. The molecule has 0 saturated carbocycles. The van der Waals surface area contributed by atoms with Gasteiger partial charge in [0.15, 0.2) is 0 Å². The zero-order valence-corrected chi connectivity index (χ0v) is 19.5. The Hall–Kier alpha value is -2.80. The number of hydrogen-bond acceptors (Lipinski definition) is 4. The van der Waals surface area contributed by atoms with Crippen molar-refractivity contribution < 1.29 is 17.9 Å². The van der Waals surface area contributed by atoms with E-state index in [4.69, 9.17) is 4.74 Å². The second-order valence-electron chi connectivity index (χ2n) is 9.44. The van der Waals surface area contributed by atoms with Crippen molar-refractivity contribution in [1.29, 1.82) is 0 Å². The standard InChI is InChI=1S/C24H30N2O4S/c1-7-14-26-20-15-18(10-13-21(20)30-16-24(5,6)22(26)27)25-31(28,29)19-11-8-17(9-12-19)23(2,3)4/h7-13,15,25H,1,14,16H2,2-6H3. The van der Waals surface area contributed by atoms with E-state index < -0.39 is 15.4 Å². The number of nitrogens with zero attached hydrogens (tertiary/aromatic N) is 1. The average Bonchev–Trinajstić information content (AvgIpc) is 2.78. The number of sulfonamides is 1. The van der Waals surface area contributed by atoms with Crippen LogP contribution < -0.4 is 14.4 Å². The van der Waals surface area contributed by atoms with Crippen molar-refractivity contribution in [3.63, 3.8) is 0 Å². The topological polar surface area (TPSA) is 75.7 Å². The summed E-state index contributed by atoms with van der Waals surface area (Å²) < 4.78 is 34.3. The Kier molecular flexibility index (Phi) is 5.93. The summed E-state index contributed by atoms with van der Waals surface area (Å²) in [6.07, 6.45) is 1.64. The molecular formula is C24H30N2O4S. The Labute approximate surface area is 185 Å². The Balaban J connectivity index is 1.94. The van der Waals surface area contributed by atoms with Crippen molar-refractivity contribution in [2.45, 2.75) is 44.9 Å². The van der Waals surface area contributed by atoms with Crippen LogP contribution in [0.15, 0.2) is 60.0 Å². The van der Waals surface area contributed by atoms with Gasteiger partial charge in [0.2, 0.25) is 5.91 Å². The molecular weight excluding hydrogens is 412 g/mol. The number of fused-ring (bicyclic) bond motifs is 1. The molecule has 0 radical (unpaired) electrons. The summed E-state index contributed by atoms with van der Waals surface area (Å²) in [4.78, 5) is 14.8. The molecule has 166 valence electrons. The summed E-state index contributed by atoms with van der Waals surface area (Å²) in [5.41, 5.74) is 1.13. The first-order valence-corrected chi connectivity index (χ1v) is 11.7. The van der Waals surface area contributed by atoms with Crippen molar-refractivity contribution in [3.05, 3.63) is 60.7 Å². The molecule has 0 fully saturated rings. The van der Waals surface area contributed by atoms with Crippen LogP contribution in [-0.2, 0) is 20.2 Å². The Morgan fingerprint density at radius 3 is 2.39 bits per heavy atom. The third-order valence-corrected chi connectivity index (χ3v) is 6.65. The summed E-state index contributed by atoms with van der Waals surface area (Å²) >= 11 is 0. The number of nitrogens with one attached hydrogen (secondary N) is 1. The Morgan fingerprint density at radius 1 is 1.16 bits per heavy atom. The van der Waals surface area contributed by atoms with Gasteiger partial charge in [0.05, 0.1) is 21.7 Å². The molecule has 1 amide bonds. The van der Waals surface area contributed by atoms with Crippen LogP contribution in [0.1, 0.15) is 40.2 Å². The first-order valence-electron chi connectivity index (χ1n) is 10.2. The first-order chi connectivity index (χ1) is 14.3. The van der Waals surface area contributed by atoms with Gasteiger partial charge < -0.3 is 9.64 Å². The van der Waals surface area contributed by atoms with E-state index in [-0.39, 0.29) is 22.8 Å². The lowest BCUT2D eigenvalue weighted by atomic mass is 9.87. The van der Waals surface area contributed by atoms with Gasteiger partial charge in [0, 0.05) is 6.54 Å². The molecule has 7 heteroatoms. The van der Waals surface area contributed by atoms with Crippen LogP contribution in [0.2, 0.25) is 0 Å². The SMILES string of the molecule is C=CCN1C(=O)C(C)(C)COc2ccc(NS(=O)(=O)c3ccc(C(C)(C)C)cc3)cc21. The molecule has 31 heavy (non-hydrogen) atoms. The molecule has 3 rings (SSSR count). The van der Waals surface area contributed by atoms with Crippen molar-refractivity contribution in [2.24, 2.45) is 5.41 Å². The van der Waals surface area contributed by atoms with Gasteiger partial charge in [-0.1, -0.05) is 39.0 Å². The predicted octanol–water partition coefficient (Wildman–Crippen LogP) is 4.72. The van der Waals surface area contributed by atoms with Crippen molar-refractivity contribution >= 4 is 27.3 Å². The molecule has 6 nitrogen and oxygen atoms in total. The van der Waals surface area contributed by atoms with Crippen LogP contribution in [0.4, 0.5) is 11.4 Å². The number of hydrogen-bond donors (Lipinski definition) is 1. The minimum Gasteiger partial charge on any atom is -0.490 e. The monoisotopic (exact) mass is 442 g/mol. The van der Waals surface area contributed by atoms with Gasteiger partial charge in [-0.3, -0.25) is 9.52 Å². The number of rotatable bonds is 5. The number of carbonyl (C=O) groups is 1. The van der Waals surface area contributed by atoms with Gasteiger partial charge in [0.1, 0.15) is 12.4 Å².